The number of H-pyrrole nitrogens is 1. The van der Waals surface area contributed by atoms with Gasteiger partial charge in [0.25, 0.3) is 5.56 Å². The zero-order chi connectivity index (χ0) is 23.2. The van der Waals surface area contributed by atoms with Crippen LogP contribution in [-0.4, -0.2) is 39.5 Å². The predicted molar refractivity (Wildman–Crippen MR) is 121 cm³/mol. The number of aliphatic hydroxyl groups excluding tert-OH is 1. The molecule has 172 valence electrons. The highest BCUT2D eigenvalue weighted by Gasteiger charge is 2.47. The van der Waals surface area contributed by atoms with Crippen molar-refractivity contribution in [1.82, 2.24) is 9.55 Å². The summed E-state index contributed by atoms with van der Waals surface area (Å²) in [6.45, 7) is -0.362. The van der Waals surface area contributed by atoms with Crippen molar-refractivity contribution in [2.75, 3.05) is 17.5 Å². The van der Waals surface area contributed by atoms with Gasteiger partial charge in [-0.25, -0.2) is 4.79 Å². The van der Waals surface area contributed by atoms with Crippen LogP contribution in [0.2, 0.25) is 0 Å². The van der Waals surface area contributed by atoms with Crippen LogP contribution in [0.25, 0.3) is 0 Å². The van der Waals surface area contributed by atoms with Gasteiger partial charge in [-0.1, -0.05) is 35.5 Å². The molecular weight excluding hydrogens is 430 g/mol. The lowest BCUT2D eigenvalue weighted by Crippen LogP contribution is -2.38. The summed E-state index contributed by atoms with van der Waals surface area (Å²) >= 11 is 0. The number of benzene rings is 2. The van der Waals surface area contributed by atoms with Crippen LogP contribution in [-0.2, 0) is 16.1 Å². The first-order valence-corrected chi connectivity index (χ1v) is 10.3. The van der Waals surface area contributed by atoms with Gasteiger partial charge in [-0.15, -0.1) is 0 Å². The van der Waals surface area contributed by atoms with Gasteiger partial charge >= 0.3 is 5.69 Å². The van der Waals surface area contributed by atoms with Gasteiger partial charge in [0.2, 0.25) is 0 Å². The monoisotopic (exact) mass is 453 g/mol. The van der Waals surface area contributed by atoms with Gasteiger partial charge < -0.3 is 25.4 Å². The molecule has 2 heterocycles. The van der Waals surface area contributed by atoms with Crippen LogP contribution in [0.15, 0.2) is 81.6 Å². The number of anilines is 2. The van der Waals surface area contributed by atoms with Crippen molar-refractivity contribution in [2.45, 2.75) is 31.1 Å². The van der Waals surface area contributed by atoms with Crippen molar-refractivity contribution < 1.29 is 14.6 Å². The van der Waals surface area contributed by atoms with E-state index in [1.807, 2.05) is 54.6 Å². The molecule has 11 nitrogen and oxygen atoms in total. The van der Waals surface area contributed by atoms with Crippen molar-refractivity contribution in [2.24, 2.45) is 5.18 Å². The van der Waals surface area contributed by atoms with Crippen LogP contribution in [0.5, 0.6) is 0 Å². The van der Waals surface area contributed by atoms with Crippen LogP contribution in [0.3, 0.4) is 0 Å². The first-order chi connectivity index (χ1) is 16.1. The fourth-order valence-electron chi connectivity index (χ4n) is 3.57. The third kappa shape index (κ3) is 5.17. The lowest BCUT2D eigenvalue weighted by molar-refractivity contribution is -0.0771. The molecular formula is C22H23N5O6. The summed E-state index contributed by atoms with van der Waals surface area (Å²) < 4.78 is 12.7. The van der Waals surface area contributed by atoms with Crippen LogP contribution in [0.4, 0.5) is 11.4 Å². The molecule has 0 aliphatic carbocycles. The third-order valence-electron chi connectivity index (χ3n) is 5.26. The van der Waals surface area contributed by atoms with Gasteiger partial charge in [0.05, 0.1) is 24.6 Å². The molecule has 2 aromatic carbocycles. The molecule has 11 heteroatoms. The van der Waals surface area contributed by atoms with Gasteiger partial charge in [-0.3, -0.25) is 14.3 Å². The average molecular weight is 453 g/mol. The average Bonchev–Trinajstić information content (AvgIpc) is 3.20. The van der Waals surface area contributed by atoms with Crippen molar-refractivity contribution in [3.05, 3.63) is 98.2 Å². The smallest absolute Gasteiger partial charge is 0.330 e. The van der Waals surface area contributed by atoms with Crippen LogP contribution in [0, 0.1) is 4.91 Å². The molecule has 0 bridgehead atoms. The number of aromatic amines is 1. The second-order valence-electron chi connectivity index (χ2n) is 7.45. The number of ether oxygens (including phenoxy) is 2. The highest BCUT2D eigenvalue weighted by molar-refractivity contribution is 5.52. The minimum atomic E-state index is -1.04. The number of nitrogens with zero attached hydrogens (tertiary/aromatic N) is 2. The molecule has 0 saturated carbocycles. The molecule has 1 saturated heterocycles. The first kappa shape index (κ1) is 22.4. The van der Waals surface area contributed by atoms with Gasteiger partial charge in [0, 0.05) is 12.3 Å². The van der Waals surface area contributed by atoms with Gasteiger partial charge in [0.15, 0.2) is 12.3 Å². The van der Waals surface area contributed by atoms with Gasteiger partial charge in [-0.2, -0.15) is 4.91 Å². The summed E-state index contributed by atoms with van der Waals surface area (Å²) in [5.74, 6) is 0. The van der Waals surface area contributed by atoms with E-state index in [0.29, 0.717) is 0 Å². The van der Waals surface area contributed by atoms with Gasteiger partial charge in [0.1, 0.15) is 12.2 Å². The molecule has 2 unspecified atom stereocenters. The van der Waals surface area contributed by atoms with Crippen LogP contribution >= 0.6 is 0 Å². The van der Waals surface area contributed by atoms with Crippen molar-refractivity contribution in [3.8, 4) is 0 Å². The third-order valence-corrected chi connectivity index (χ3v) is 5.26. The number of hydrazine groups is 1. The highest BCUT2D eigenvalue weighted by Crippen LogP contribution is 2.33. The van der Waals surface area contributed by atoms with Crippen molar-refractivity contribution in [1.29, 1.82) is 0 Å². The standard InChI is InChI=1S/C22H23N5O6/c28-12-17-19(26-31)20(21(33-17)27-11-10-18(29)23-22(27)30)32-13-14-6-8-16(9-7-14)25-24-15-4-2-1-3-5-15/h1-11,17,19-21,24-25,28H,12-13H2,(H,23,29,30)/t17-,19?,20?,21-/m1/s1. The Bertz CT molecular complexity index is 1180. The highest BCUT2D eigenvalue weighted by atomic mass is 16.6. The molecule has 4 N–H and O–H groups in total. The SMILES string of the molecule is O=NC1C(OCc2ccc(NNc3ccccc3)cc2)[C@H](n2ccc(=O)[nH]c2=O)O[C@@H]1CO. The quantitative estimate of drug-likeness (QED) is 0.282. The number of hydrogen-bond acceptors (Lipinski definition) is 9. The summed E-state index contributed by atoms with van der Waals surface area (Å²) in [6, 6.07) is 17.2. The summed E-state index contributed by atoms with van der Waals surface area (Å²) in [5.41, 5.74) is 7.46. The number of rotatable bonds is 9. The maximum absolute atomic E-state index is 12.2. The molecule has 1 fully saturated rings. The summed E-state index contributed by atoms with van der Waals surface area (Å²) in [6.07, 6.45) is -1.66. The molecule has 3 aromatic rings. The molecule has 0 radical (unpaired) electrons. The molecule has 1 aliphatic heterocycles. The van der Waals surface area contributed by atoms with Crippen LogP contribution in [0.1, 0.15) is 11.8 Å². The molecule has 1 aliphatic rings. The zero-order valence-electron chi connectivity index (χ0n) is 17.5. The Morgan fingerprint density at radius 2 is 1.73 bits per heavy atom. The largest absolute Gasteiger partial charge is 0.394 e. The van der Waals surface area contributed by atoms with E-state index in [9.17, 15) is 19.6 Å². The second-order valence-corrected chi connectivity index (χ2v) is 7.45. The minimum Gasteiger partial charge on any atom is -0.394 e. The maximum Gasteiger partial charge on any atom is 0.330 e. The normalized spacial score (nSPS) is 22.1. The number of aliphatic hydroxyl groups is 1. The van der Waals surface area contributed by atoms with E-state index < -0.39 is 42.3 Å². The lowest BCUT2D eigenvalue weighted by Gasteiger charge is -2.22. The Morgan fingerprint density at radius 3 is 2.36 bits per heavy atom. The number of aromatic nitrogens is 2. The summed E-state index contributed by atoms with van der Waals surface area (Å²) in [7, 11) is 0. The Morgan fingerprint density at radius 1 is 1.03 bits per heavy atom. The Balaban J connectivity index is 1.44. The molecule has 4 atom stereocenters. The second kappa shape index (κ2) is 10.2. The Kier molecular flexibility index (Phi) is 6.93. The van der Waals surface area contributed by atoms with E-state index in [2.05, 4.69) is 21.0 Å². The fraction of sp³-hybridized carbons (Fsp3) is 0.273. The molecule has 0 amide bonds. The molecule has 1 aromatic heterocycles. The van der Waals surface area contributed by atoms with E-state index in [1.165, 1.54) is 6.20 Å². The predicted octanol–water partition coefficient (Wildman–Crippen LogP) is 1.59. The Hall–Kier alpha value is -3.80. The number of nitrogens with one attached hydrogen (secondary N) is 3. The van der Waals surface area contributed by atoms with Crippen LogP contribution < -0.4 is 22.1 Å². The maximum atomic E-state index is 12.2. The fourth-order valence-corrected chi connectivity index (χ4v) is 3.57. The van der Waals surface area contributed by atoms with E-state index in [1.54, 1.807) is 0 Å². The van der Waals surface area contributed by atoms with E-state index >= 15 is 0 Å². The van der Waals surface area contributed by atoms with Crippen molar-refractivity contribution in [3.63, 3.8) is 0 Å². The molecule has 0 spiro atoms. The first-order valence-electron chi connectivity index (χ1n) is 10.3. The van der Waals surface area contributed by atoms with Crippen molar-refractivity contribution >= 4 is 11.4 Å². The zero-order valence-corrected chi connectivity index (χ0v) is 17.5. The van der Waals surface area contributed by atoms with E-state index in [0.717, 1.165) is 27.6 Å². The van der Waals surface area contributed by atoms with E-state index in [4.69, 9.17) is 9.47 Å². The number of nitroso groups, excluding NO2 is 1. The summed E-state index contributed by atoms with van der Waals surface area (Å²) in [5, 5.41) is 12.6. The topological polar surface area (TPSA) is 147 Å². The minimum absolute atomic E-state index is 0.110. The summed E-state index contributed by atoms with van der Waals surface area (Å²) in [4.78, 5) is 37.2. The number of para-hydroxylation sites is 1. The van der Waals surface area contributed by atoms with E-state index in [-0.39, 0.29) is 6.61 Å². The lowest BCUT2D eigenvalue weighted by atomic mass is 10.1. The molecule has 4 rings (SSSR count). The molecule has 33 heavy (non-hydrogen) atoms. The van der Waals surface area contributed by atoms with Gasteiger partial charge in [-0.05, 0) is 29.8 Å². The number of hydrogen-bond donors (Lipinski definition) is 4. The Labute approximate surface area is 187 Å².